The molecule has 2 heterocycles. The minimum Gasteiger partial charge on any atom is -0.342 e. The number of rotatable bonds is 2. The van der Waals surface area contributed by atoms with Crippen LogP contribution in [0, 0.1) is 25.7 Å². The summed E-state index contributed by atoms with van der Waals surface area (Å²) in [7, 11) is 0. The largest absolute Gasteiger partial charge is 0.342 e. The van der Waals surface area contributed by atoms with E-state index in [4.69, 9.17) is 0 Å². The minimum atomic E-state index is -0.184. The van der Waals surface area contributed by atoms with Gasteiger partial charge in [0.2, 0.25) is 11.8 Å². The average molecular weight is 314 g/mol. The fourth-order valence-electron chi connectivity index (χ4n) is 3.72. The Morgan fingerprint density at radius 2 is 1.70 bits per heavy atom. The molecule has 23 heavy (non-hydrogen) atoms. The number of nitrogens with zero attached hydrogens (tertiary/aromatic N) is 2. The lowest BCUT2D eigenvalue weighted by Crippen LogP contribution is -2.42. The first-order valence-electron chi connectivity index (χ1n) is 8.61. The zero-order valence-corrected chi connectivity index (χ0v) is 14.3. The van der Waals surface area contributed by atoms with Gasteiger partial charge in [0.05, 0.1) is 5.92 Å². The van der Waals surface area contributed by atoms with Gasteiger partial charge in [0, 0.05) is 31.7 Å². The normalized spacial score (nSPS) is 22.7. The van der Waals surface area contributed by atoms with Gasteiger partial charge in [0.15, 0.2) is 0 Å². The van der Waals surface area contributed by atoms with Gasteiger partial charge in [-0.2, -0.15) is 0 Å². The molecule has 4 heteroatoms. The Kier molecular flexibility index (Phi) is 4.42. The molecule has 2 fully saturated rings. The highest BCUT2D eigenvalue weighted by atomic mass is 16.2. The van der Waals surface area contributed by atoms with E-state index in [0.717, 1.165) is 42.7 Å². The van der Waals surface area contributed by atoms with Crippen molar-refractivity contribution in [3.63, 3.8) is 0 Å². The molecular weight excluding hydrogens is 288 g/mol. The van der Waals surface area contributed by atoms with E-state index in [-0.39, 0.29) is 17.7 Å². The van der Waals surface area contributed by atoms with Gasteiger partial charge in [-0.25, -0.2) is 0 Å². The molecule has 2 aliphatic rings. The molecule has 0 N–H and O–H groups in total. The van der Waals surface area contributed by atoms with Crippen LogP contribution in [0.25, 0.3) is 0 Å². The van der Waals surface area contributed by atoms with Crippen molar-refractivity contribution in [2.45, 2.75) is 40.0 Å². The van der Waals surface area contributed by atoms with Crippen LogP contribution in [0.2, 0.25) is 0 Å². The summed E-state index contributed by atoms with van der Waals surface area (Å²) in [6.45, 7) is 8.51. The Morgan fingerprint density at radius 1 is 1.09 bits per heavy atom. The monoisotopic (exact) mass is 314 g/mol. The van der Waals surface area contributed by atoms with Gasteiger partial charge in [0.25, 0.3) is 0 Å². The van der Waals surface area contributed by atoms with E-state index in [9.17, 15) is 9.59 Å². The van der Waals surface area contributed by atoms with Crippen LogP contribution in [0.1, 0.15) is 37.3 Å². The third-order valence-corrected chi connectivity index (χ3v) is 5.09. The molecule has 2 amide bonds. The summed E-state index contributed by atoms with van der Waals surface area (Å²) in [5, 5.41) is 0. The van der Waals surface area contributed by atoms with Crippen molar-refractivity contribution in [3.8, 4) is 0 Å². The van der Waals surface area contributed by atoms with E-state index in [0.29, 0.717) is 18.9 Å². The predicted octanol–water partition coefficient (Wildman–Crippen LogP) is 2.91. The molecule has 1 aromatic carbocycles. The second kappa shape index (κ2) is 6.34. The van der Waals surface area contributed by atoms with Crippen LogP contribution in [-0.2, 0) is 9.59 Å². The lowest BCUT2D eigenvalue weighted by Gasteiger charge is -2.32. The molecule has 2 aliphatic heterocycles. The van der Waals surface area contributed by atoms with E-state index >= 15 is 0 Å². The van der Waals surface area contributed by atoms with Gasteiger partial charge in [0.1, 0.15) is 0 Å². The van der Waals surface area contributed by atoms with Crippen LogP contribution in [0.15, 0.2) is 18.2 Å². The number of aryl methyl sites for hydroxylation is 2. The highest BCUT2D eigenvalue weighted by molar-refractivity contribution is 6.00. The number of benzene rings is 1. The van der Waals surface area contributed by atoms with Crippen molar-refractivity contribution in [3.05, 3.63) is 29.3 Å². The van der Waals surface area contributed by atoms with Crippen LogP contribution >= 0.6 is 0 Å². The van der Waals surface area contributed by atoms with Crippen molar-refractivity contribution in [2.24, 2.45) is 11.8 Å². The number of anilines is 1. The number of carbonyl (C=O) groups excluding carboxylic acids is 2. The number of likely N-dealkylation sites (tertiary alicyclic amines) is 1. The van der Waals surface area contributed by atoms with Crippen LogP contribution in [-0.4, -0.2) is 36.3 Å². The molecule has 2 saturated heterocycles. The van der Waals surface area contributed by atoms with E-state index in [1.54, 1.807) is 4.90 Å². The van der Waals surface area contributed by atoms with E-state index in [1.165, 1.54) is 0 Å². The Labute approximate surface area is 138 Å². The topological polar surface area (TPSA) is 40.6 Å². The summed E-state index contributed by atoms with van der Waals surface area (Å²) >= 11 is 0. The summed E-state index contributed by atoms with van der Waals surface area (Å²) in [4.78, 5) is 28.9. The third kappa shape index (κ3) is 3.41. The molecule has 0 saturated carbocycles. The highest BCUT2D eigenvalue weighted by Crippen LogP contribution is 2.29. The van der Waals surface area contributed by atoms with E-state index < -0.39 is 0 Å². The molecule has 0 spiro atoms. The standard InChI is InChI=1S/C19H26N2O2/c1-13-4-6-20(7-5-13)19(23)16-11-18(22)21(12-16)17-9-14(2)8-15(3)10-17/h8-10,13,16H,4-7,11-12H2,1-3H3. The Bertz CT molecular complexity index is 598. The molecule has 3 rings (SSSR count). The molecule has 4 nitrogen and oxygen atoms in total. The fourth-order valence-corrected chi connectivity index (χ4v) is 3.72. The molecule has 0 radical (unpaired) electrons. The SMILES string of the molecule is Cc1cc(C)cc(N2CC(C(=O)N3CCC(C)CC3)CC2=O)c1. The van der Waals surface area contributed by atoms with Gasteiger partial charge in [-0.15, -0.1) is 0 Å². The van der Waals surface area contributed by atoms with Crippen LogP contribution in [0.4, 0.5) is 5.69 Å². The maximum atomic E-state index is 12.7. The van der Waals surface area contributed by atoms with Gasteiger partial charge >= 0.3 is 0 Å². The first kappa shape index (κ1) is 16.0. The molecule has 1 atom stereocenters. The molecule has 0 aromatic heterocycles. The number of piperidine rings is 1. The van der Waals surface area contributed by atoms with Crippen molar-refractivity contribution >= 4 is 17.5 Å². The molecule has 1 aromatic rings. The van der Waals surface area contributed by atoms with Gasteiger partial charge in [-0.3, -0.25) is 9.59 Å². The Balaban J connectivity index is 1.70. The van der Waals surface area contributed by atoms with Crippen LogP contribution in [0.5, 0.6) is 0 Å². The summed E-state index contributed by atoms with van der Waals surface area (Å²) < 4.78 is 0. The smallest absolute Gasteiger partial charge is 0.228 e. The maximum absolute atomic E-state index is 12.7. The minimum absolute atomic E-state index is 0.0683. The lowest BCUT2D eigenvalue weighted by molar-refractivity contribution is -0.137. The zero-order valence-electron chi connectivity index (χ0n) is 14.3. The van der Waals surface area contributed by atoms with Crippen molar-refractivity contribution in [1.82, 2.24) is 4.90 Å². The molecule has 1 unspecified atom stereocenters. The zero-order chi connectivity index (χ0) is 16.6. The van der Waals surface area contributed by atoms with E-state index in [2.05, 4.69) is 13.0 Å². The maximum Gasteiger partial charge on any atom is 0.228 e. The molecule has 0 aliphatic carbocycles. The molecular formula is C19H26N2O2. The van der Waals surface area contributed by atoms with Crippen molar-refractivity contribution in [2.75, 3.05) is 24.5 Å². The molecule has 124 valence electrons. The second-order valence-corrected chi connectivity index (χ2v) is 7.26. The lowest BCUT2D eigenvalue weighted by atomic mass is 9.97. The van der Waals surface area contributed by atoms with Gasteiger partial charge in [-0.1, -0.05) is 13.0 Å². The number of hydrogen-bond acceptors (Lipinski definition) is 2. The first-order chi connectivity index (χ1) is 10.9. The van der Waals surface area contributed by atoms with Crippen LogP contribution < -0.4 is 4.90 Å². The average Bonchev–Trinajstić information content (AvgIpc) is 2.88. The summed E-state index contributed by atoms with van der Waals surface area (Å²) in [5.74, 6) is 0.753. The van der Waals surface area contributed by atoms with Crippen molar-refractivity contribution < 1.29 is 9.59 Å². The first-order valence-corrected chi connectivity index (χ1v) is 8.61. The van der Waals surface area contributed by atoms with E-state index in [1.807, 2.05) is 30.9 Å². The highest BCUT2D eigenvalue weighted by Gasteiger charge is 2.37. The quantitative estimate of drug-likeness (QED) is 0.842. The Hall–Kier alpha value is -1.84. The number of carbonyl (C=O) groups is 2. The van der Waals surface area contributed by atoms with Crippen LogP contribution in [0.3, 0.4) is 0 Å². The van der Waals surface area contributed by atoms with Gasteiger partial charge < -0.3 is 9.80 Å². The van der Waals surface area contributed by atoms with Gasteiger partial charge in [-0.05, 0) is 55.9 Å². The molecule has 0 bridgehead atoms. The second-order valence-electron chi connectivity index (χ2n) is 7.26. The fraction of sp³-hybridized carbons (Fsp3) is 0.579. The predicted molar refractivity (Wildman–Crippen MR) is 91.4 cm³/mol. The Morgan fingerprint density at radius 3 is 2.30 bits per heavy atom. The third-order valence-electron chi connectivity index (χ3n) is 5.09. The number of hydrogen-bond donors (Lipinski definition) is 0. The summed E-state index contributed by atoms with van der Waals surface area (Å²) in [5.41, 5.74) is 3.22. The number of amides is 2. The van der Waals surface area contributed by atoms with Crippen molar-refractivity contribution in [1.29, 1.82) is 0 Å². The summed E-state index contributed by atoms with van der Waals surface area (Å²) in [6.07, 6.45) is 2.50. The summed E-state index contributed by atoms with van der Waals surface area (Å²) in [6, 6.07) is 6.16.